The molecule has 1 N–H and O–H groups in total. The highest BCUT2D eigenvalue weighted by Gasteiger charge is 2.25. The second kappa shape index (κ2) is 6.40. The highest BCUT2D eigenvalue weighted by Crippen LogP contribution is 2.21. The first-order valence-corrected chi connectivity index (χ1v) is 8.56. The standard InChI is InChI=1S/C16H14BrFN6O/c17-11-7-19-15-21-14(22-24(15)8-11)10-2-1-3-13(6-10)20-16(25)23-5-4-12(18)9-23/h1-3,6-8,12H,4-5,9H2,(H,20,25). The van der Waals surface area contributed by atoms with Gasteiger partial charge in [0.2, 0.25) is 0 Å². The zero-order valence-corrected chi connectivity index (χ0v) is 14.6. The number of carbonyl (C=O) groups is 1. The summed E-state index contributed by atoms with van der Waals surface area (Å²) in [5, 5.41) is 7.18. The van der Waals surface area contributed by atoms with E-state index in [4.69, 9.17) is 0 Å². The predicted molar refractivity (Wildman–Crippen MR) is 94.0 cm³/mol. The zero-order chi connectivity index (χ0) is 17.4. The molecule has 128 valence electrons. The van der Waals surface area contributed by atoms with Crippen LogP contribution in [0, 0.1) is 0 Å². The number of halogens is 2. The van der Waals surface area contributed by atoms with Crippen LogP contribution in [0.5, 0.6) is 0 Å². The Hall–Kier alpha value is -2.55. The van der Waals surface area contributed by atoms with Gasteiger partial charge in [0.05, 0.1) is 11.0 Å². The number of nitrogens with zero attached hydrogens (tertiary/aromatic N) is 5. The third-order valence-electron chi connectivity index (χ3n) is 3.95. The van der Waals surface area contributed by atoms with Crippen LogP contribution in [0.3, 0.4) is 0 Å². The topological polar surface area (TPSA) is 75.4 Å². The van der Waals surface area contributed by atoms with E-state index in [0.29, 0.717) is 30.3 Å². The fourth-order valence-corrected chi connectivity index (χ4v) is 3.02. The molecule has 25 heavy (non-hydrogen) atoms. The smallest absolute Gasteiger partial charge is 0.321 e. The molecule has 9 heteroatoms. The number of amides is 2. The van der Waals surface area contributed by atoms with Crippen LogP contribution in [-0.2, 0) is 0 Å². The Kier molecular flexibility index (Phi) is 4.08. The van der Waals surface area contributed by atoms with Gasteiger partial charge in [0.15, 0.2) is 5.82 Å². The molecule has 1 unspecified atom stereocenters. The van der Waals surface area contributed by atoms with Gasteiger partial charge in [0.1, 0.15) is 6.17 Å². The molecule has 1 aliphatic heterocycles. The largest absolute Gasteiger partial charge is 0.322 e. The minimum absolute atomic E-state index is 0.139. The van der Waals surface area contributed by atoms with Crippen molar-refractivity contribution in [1.29, 1.82) is 0 Å². The lowest BCUT2D eigenvalue weighted by Gasteiger charge is -2.16. The maximum Gasteiger partial charge on any atom is 0.321 e. The fourth-order valence-electron chi connectivity index (χ4n) is 2.72. The number of urea groups is 1. The van der Waals surface area contributed by atoms with Crippen LogP contribution in [0.4, 0.5) is 14.9 Å². The number of aromatic nitrogens is 4. The molecule has 7 nitrogen and oxygen atoms in total. The molecule has 0 saturated carbocycles. The molecule has 1 atom stereocenters. The monoisotopic (exact) mass is 404 g/mol. The van der Waals surface area contributed by atoms with Crippen molar-refractivity contribution in [3.63, 3.8) is 0 Å². The number of nitrogens with one attached hydrogen (secondary N) is 1. The Morgan fingerprint density at radius 2 is 2.28 bits per heavy atom. The summed E-state index contributed by atoms with van der Waals surface area (Å²) in [7, 11) is 0. The molecule has 0 aliphatic carbocycles. The molecule has 3 aromatic rings. The van der Waals surface area contributed by atoms with Crippen molar-refractivity contribution in [2.45, 2.75) is 12.6 Å². The second-order valence-corrected chi connectivity index (χ2v) is 6.71. The van der Waals surface area contributed by atoms with Crippen molar-refractivity contribution in [3.05, 3.63) is 41.1 Å². The Bertz CT molecular complexity index is 945. The molecule has 4 rings (SSSR count). The van der Waals surface area contributed by atoms with Crippen LogP contribution in [0.15, 0.2) is 41.1 Å². The predicted octanol–water partition coefficient (Wildman–Crippen LogP) is 3.13. The quantitative estimate of drug-likeness (QED) is 0.711. The minimum Gasteiger partial charge on any atom is -0.322 e. The van der Waals surface area contributed by atoms with Gasteiger partial charge in [-0.2, -0.15) is 4.98 Å². The van der Waals surface area contributed by atoms with E-state index in [2.05, 4.69) is 36.3 Å². The third-order valence-corrected chi connectivity index (χ3v) is 4.36. The number of fused-ring (bicyclic) bond motifs is 1. The lowest BCUT2D eigenvalue weighted by atomic mass is 10.2. The highest BCUT2D eigenvalue weighted by atomic mass is 79.9. The normalized spacial score (nSPS) is 17.2. The van der Waals surface area contributed by atoms with Crippen molar-refractivity contribution >= 4 is 33.4 Å². The molecule has 1 aromatic carbocycles. The Morgan fingerprint density at radius 1 is 1.40 bits per heavy atom. The molecule has 0 bridgehead atoms. The maximum absolute atomic E-state index is 13.2. The molecule has 2 aromatic heterocycles. The van der Waals surface area contributed by atoms with E-state index < -0.39 is 6.17 Å². The minimum atomic E-state index is -0.939. The molecule has 3 heterocycles. The summed E-state index contributed by atoms with van der Waals surface area (Å²) in [6.45, 7) is 0.571. The molecule has 1 fully saturated rings. The molecule has 0 spiro atoms. The van der Waals surface area contributed by atoms with Gasteiger partial charge >= 0.3 is 6.03 Å². The average molecular weight is 405 g/mol. The maximum atomic E-state index is 13.2. The van der Waals surface area contributed by atoms with Gasteiger partial charge in [-0.25, -0.2) is 18.7 Å². The van der Waals surface area contributed by atoms with Crippen molar-refractivity contribution in [2.24, 2.45) is 0 Å². The second-order valence-electron chi connectivity index (χ2n) is 5.80. The van der Waals surface area contributed by atoms with Crippen LogP contribution in [0.1, 0.15) is 6.42 Å². The van der Waals surface area contributed by atoms with Crippen molar-refractivity contribution < 1.29 is 9.18 Å². The number of anilines is 1. The Balaban J connectivity index is 1.57. The first-order chi connectivity index (χ1) is 12.1. The van der Waals surface area contributed by atoms with Gasteiger partial charge < -0.3 is 10.2 Å². The van der Waals surface area contributed by atoms with E-state index in [1.807, 2.05) is 12.1 Å². The van der Waals surface area contributed by atoms with Gasteiger partial charge in [-0.1, -0.05) is 12.1 Å². The van der Waals surface area contributed by atoms with Gasteiger partial charge in [0.25, 0.3) is 5.78 Å². The van der Waals surface area contributed by atoms with E-state index in [-0.39, 0.29) is 12.6 Å². The van der Waals surface area contributed by atoms with E-state index >= 15 is 0 Å². The van der Waals surface area contributed by atoms with Gasteiger partial charge in [0, 0.05) is 30.2 Å². The number of benzene rings is 1. The van der Waals surface area contributed by atoms with Crippen molar-refractivity contribution in [1.82, 2.24) is 24.5 Å². The molecular formula is C16H14BrFN6O. The van der Waals surface area contributed by atoms with Gasteiger partial charge in [-0.3, -0.25) is 0 Å². The summed E-state index contributed by atoms with van der Waals surface area (Å²) >= 11 is 3.34. The van der Waals surface area contributed by atoms with E-state index in [1.54, 1.807) is 29.0 Å². The summed E-state index contributed by atoms with van der Waals surface area (Å²) in [4.78, 5) is 22.2. The first kappa shape index (κ1) is 15.9. The van der Waals surface area contributed by atoms with Gasteiger partial charge in [-0.15, -0.1) is 5.10 Å². The zero-order valence-electron chi connectivity index (χ0n) is 13.1. The average Bonchev–Trinajstić information content (AvgIpc) is 3.21. The molecule has 1 aliphatic rings. The SMILES string of the molecule is O=C(Nc1cccc(-c2nc3ncc(Br)cn3n2)c1)N1CCC(F)C1. The van der Waals surface area contributed by atoms with Gasteiger partial charge in [-0.05, 0) is 34.5 Å². The Labute approximate surface area is 151 Å². The van der Waals surface area contributed by atoms with E-state index in [0.717, 1.165) is 10.0 Å². The lowest BCUT2D eigenvalue weighted by Crippen LogP contribution is -2.33. The number of hydrogen-bond donors (Lipinski definition) is 1. The number of hydrogen-bond acceptors (Lipinski definition) is 4. The molecule has 1 saturated heterocycles. The lowest BCUT2D eigenvalue weighted by molar-refractivity contribution is 0.218. The number of rotatable bonds is 2. The summed E-state index contributed by atoms with van der Waals surface area (Å²) in [5.41, 5.74) is 1.36. The third kappa shape index (κ3) is 3.32. The first-order valence-electron chi connectivity index (χ1n) is 7.77. The number of carbonyl (C=O) groups excluding carboxylic acids is 1. The summed E-state index contributed by atoms with van der Waals surface area (Å²) < 4.78 is 15.6. The van der Waals surface area contributed by atoms with Crippen LogP contribution < -0.4 is 5.32 Å². The number of alkyl halides is 1. The summed E-state index contributed by atoms with van der Waals surface area (Å²) in [5.74, 6) is 0.991. The summed E-state index contributed by atoms with van der Waals surface area (Å²) in [6.07, 6.45) is 2.87. The molecule has 0 radical (unpaired) electrons. The van der Waals surface area contributed by atoms with Crippen LogP contribution in [0.25, 0.3) is 17.2 Å². The highest BCUT2D eigenvalue weighted by molar-refractivity contribution is 9.10. The summed E-state index contributed by atoms with van der Waals surface area (Å²) in [6, 6.07) is 6.92. The molecule has 2 amide bonds. The fraction of sp³-hybridized carbons (Fsp3) is 0.250. The van der Waals surface area contributed by atoms with Crippen LogP contribution in [-0.4, -0.2) is 49.8 Å². The molecular weight excluding hydrogens is 391 g/mol. The number of likely N-dealkylation sites (tertiary alicyclic amines) is 1. The Morgan fingerprint density at radius 3 is 3.08 bits per heavy atom. The van der Waals surface area contributed by atoms with Crippen molar-refractivity contribution in [3.8, 4) is 11.4 Å². The van der Waals surface area contributed by atoms with Crippen LogP contribution in [0.2, 0.25) is 0 Å². The van der Waals surface area contributed by atoms with E-state index in [1.165, 1.54) is 4.90 Å². The van der Waals surface area contributed by atoms with Crippen LogP contribution >= 0.6 is 15.9 Å². The van der Waals surface area contributed by atoms with E-state index in [9.17, 15) is 9.18 Å². The van der Waals surface area contributed by atoms with Crippen molar-refractivity contribution in [2.75, 3.05) is 18.4 Å².